The van der Waals surface area contributed by atoms with E-state index in [0.29, 0.717) is 24.0 Å². The van der Waals surface area contributed by atoms with Gasteiger partial charge in [-0.25, -0.2) is 0 Å². The van der Waals surface area contributed by atoms with Crippen molar-refractivity contribution in [2.24, 2.45) is 0 Å². The van der Waals surface area contributed by atoms with E-state index in [2.05, 4.69) is 0 Å². The second kappa shape index (κ2) is 7.59. The molecule has 0 aromatic heterocycles. The van der Waals surface area contributed by atoms with Gasteiger partial charge in [0, 0.05) is 0 Å². The van der Waals surface area contributed by atoms with Crippen molar-refractivity contribution in [1.82, 2.24) is 0 Å². The summed E-state index contributed by atoms with van der Waals surface area (Å²) < 4.78 is 73.9. The first-order valence-corrected chi connectivity index (χ1v) is 9.12. The Balaban J connectivity index is 0.000000161. The van der Waals surface area contributed by atoms with Gasteiger partial charge in [-0.1, -0.05) is 12.1 Å². The van der Waals surface area contributed by atoms with E-state index in [1.165, 1.54) is 18.2 Å². The van der Waals surface area contributed by atoms with E-state index in [1.807, 2.05) is 0 Å². The zero-order chi connectivity index (χ0) is 20.7. The van der Waals surface area contributed by atoms with Crippen LogP contribution in [0.3, 0.4) is 0 Å². The molecule has 8 heteroatoms. The normalized spacial score (nSPS) is 21.0. The van der Waals surface area contributed by atoms with Crippen LogP contribution in [0.15, 0.2) is 36.4 Å². The fourth-order valence-corrected chi connectivity index (χ4v) is 3.80. The smallest absolute Gasteiger partial charge is 0.388 e. The molecular formula is C20H17ClF6O. The van der Waals surface area contributed by atoms with E-state index >= 15 is 0 Å². The van der Waals surface area contributed by atoms with Crippen molar-refractivity contribution in [2.75, 3.05) is 0 Å². The third-order valence-electron chi connectivity index (χ3n) is 5.00. The predicted octanol–water partition coefficient (Wildman–Crippen LogP) is 6.62. The van der Waals surface area contributed by atoms with Gasteiger partial charge >= 0.3 is 12.4 Å². The van der Waals surface area contributed by atoms with E-state index in [4.69, 9.17) is 11.6 Å². The van der Waals surface area contributed by atoms with Gasteiger partial charge in [0.1, 0.15) is 0 Å². The average molecular weight is 423 g/mol. The molecule has 0 radical (unpaired) electrons. The zero-order valence-electron chi connectivity index (χ0n) is 14.5. The van der Waals surface area contributed by atoms with Crippen molar-refractivity contribution in [2.45, 2.75) is 49.5 Å². The van der Waals surface area contributed by atoms with Crippen LogP contribution in [-0.2, 0) is 25.2 Å². The van der Waals surface area contributed by atoms with E-state index < -0.39 is 29.6 Å². The molecule has 1 nitrogen and oxygen atoms in total. The van der Waals surface area contributed by atoms with Crippen molar-refractivity contribution in [3.05, 3.63) is 69.8 Å². The second-order valence-corrected chi connectivity index (χ2v) is 7.41. The molecule has 0 saturated carbocycles. The molecule has 1 N–H and O–H groups in total. The summed E-state index contributed by atoms with van der Waals surface area (Å²) in [6.07, 6.45) is -6.62. The number of halogens is 7. The lowest BCUT2D eigenvalue weighted by Crippen LogP contribution is -2.06. The van der Waals surface area contributed by atoms with Gasteiger partial charge in [0.05, 0.1) is 22.6 Å². The molecule has 28 heavy (non-hydrogen) atoms. The van der Waals surface area contributed by atoms with Gasteiger partial charge in [-0.05, 0) is 72.2 Å². The van der Waals surface area contributed by atoms with Crippen LogP contribution in [0, 0.1) is 0 Å². The zero-order valence-corrected chi connectivity index (χ0v) is 15.3. The third kappa shape index (κ3) is 4.46. The summed E-state index contributed by atoms with van der Waals surface area (Å²) in [6, 6.07) is 7.38. The molecule has 2 unspecified atom stereocenters. The monoisotopic (exact) mass is 422 g/mol. The number of aryl methyl sites for hydroxylation is 2. The van der Waals surface area contributed by atoms with Crippen LogP contribution in [0.25, 0.3) is 0 Å². The maximum Gasteiger partial charge on any atom is 0.416 e. The number of hydrogen-bond acceptors (Lipinski definition) is 1. The Bertz CT molecular complexity index is 787. The van der Waals surface area contributed by atoms with Gasteiger partial charge in [0.25, 0.3) is 0 Å². The number of hydrogen-bond donors (Lipinski definition) is 1. The highest BCUT2D eigenvalue weighted by Crippen LogP contribution is 2.40. The summed E-state index contributed by atoms with van der Waals surface area (Å²) in [6.45, 7) is 0. The molecule has 0 amide bonds. The maximum absolute atomic E-state index is 12.3. The molecule has 0 bridgehead atoms. The lowest BCUT2D eigenvalue weighted by atomic mass is 10.1. The standard InChI is InChI=1S/C10H8ClF3.C10H9F3O/c11-9-4-2-6-1-3-7(5-8(6)9)10(12,13)14;11-10(12,13)7-3-1-6-2-4-9(14)8(6)5-7/h1,3,5,9H,2,4H2;1,3,5,9,14H,2,4H2. The molecular weight excluding hydrogens is 406 g/mol. The van der Waals surface area contributed by atoms with Crippen LogP contribution in [0.2, 0.25) is 0 Å². The Morgan fingerprint density at radius 1 is 0.750 bits per heavy atom. The second-order valence-electron chi connectivity index (χ2n) is 6.88. The SMILES string of the molecule is FC(F)(F)c1ccc2c(c1)C(Cl)CC2.OC1CCc2ccc(C(F)(F)F)cc21. The van der Waals surface area contributed by atoms with Crippen molar-refractivity contribution in [3.63, 3.8) is 0 Å². The Kier molecular flexibility index (Phi) is 5.69. The minimum absolute atomic E-state index is 0.257. The predicted molar refractivity (Wildman–Crippen MR) is 93.1 cm³/mol. The molecule has 4 rings (SSSR count). The molecule has 0 heterocycles. The van der Waals surface area contributed by atoms with E-state index in [1.54, 1.807) is 0 Å². The number of aliphatic hydroxyl groups is 1. The molecule has 2 aliphatic carbocycles. The van der Waals surface area contributed by atoms with Crippen LogP contribution in [0.4, 0.5) is 26.3 Å². The van der Waals surface area contributed by atoms with Gasteiger partial charge in [-0.15, -0.1) is 11.6 Å². The van der Waals surface area contributed by atoms with E-state index in [0.717, 1.165) is 42.2 Å². The molecule has 0 aliphatic heterocycles. The molecule has 2 aromatic carbocycles. The van der Waals surface area contributed by atoms with E-state index in [-0.39, 0.29) is 5.38 Å². The number of fused-ring (bicyclic) bond motifs is 2. The summed E-state index contributed by atoms with van der Waals surface area (Å²) >= 11 is 5.90. The fourth-order valence-electron chi connectivity index (χ4n) is 3.49. The summed E-state index contributed by atoms with van der Waals surface area (Å²) in [5.41, 5.74) is 1.55. The Morgan fingerprint density at radius 3 is 1.75 bits per heavy atom. The highest BCUT2D eigenvalue weighted by Gasteiger charge is 2.33. The fraction of sp³-hybridized carbons (Fsp3) is 0.400. The lowest BCUT2D eigenvalue weighted by Gasteiger charge is -2.09. The van der Waals surface area contributed by atoms with Gasteiger partial charge in [-0.3, -0.25) is 0 Å². The minimum Gasteiger partial charge on any atom is -0.388 e. The third-order valence-corrected chi connectivity index (χ3v) is 5.45. The van der Waals surface area contributed by atoms with Crippen LogP contribution in [-0.4, -0.2) is 5.11 Å². The first kappa shape index (κ1) is 21.0. The Labute approximate surface area is 162 Å². The van der Waals surface area contributed by atoms with E-state index in [9.17, 15) is 31.4 Å². The van der Waals surface area contributed by atoms with Gasteiger partial charge in [0.15, 0.2) is 0 Å². The molecule has 0 fully saturated rings. The molecule has 2 atom stereocenters. The highest BCUT2D eigenvalue weighted by atomic mass is 35.5. The summed E-state index contributed by atoms with van der Waals surface area (Å²) in [5.74, 6) is 0. The van der Waals surface area contributed by atoms with Gasteiger partial charge in [-0.2, -0.15) is 26.3 Å². The largest absolute Gasteiger partial charge is 0.416 e. The average Bonchev–Trinajstić information content (AvgIpc) is 3.17. The lowest BCUT2D eigenvalue weighted by molar-refractivity contribution is -0.138. The van der Waals surface area contributed by atoms with Gasteiger partial charge < -0.3 is 5.11 Å². The summed E-state index contributed by atoms with van der Waals surface area (Å²) in [7, 11) is 0. The summed E-state index contributed by atoms with van der Waals surface area (Å²) in [4.78, 5) is 0. The van der Waals surface area contributed by atoms with Crippen LogP contribution >= 0.6 is 11.6 Å². The van der Waals surface area contributed by atoms with Crippen molar-refractivity contribution in [1.29, 1.82) is 0 Å². The number of aliphatic hydroxyl groups excluding tert-OH is 1. The molecule has 2 aliphatic rings. The number of alkyl halides is 7. The molecule has 2 aromatic rings. The van der Waals surface area contributed by atoms with Crippen LogP contribution in [0.5, 0.6) is 0 Å². The molecule has 0 saturated heterocycles. The molecule has 152 valence electrons. The quantitative estimate of drug-likeness (QED) is 0.374. The van der Waals surface area contributed by atoms with Crippen LogP contribution < -0.4 is 0 Å². The first-order chi connectivity index (χ1) is 13.0. The first-order valence-electron chi connectivity index (χ1n) is 8.69. The minimum atomic E-state index is -4.32. The highest BCUT2D eigenvalue weighted by molar-refractivity contribution is 6.21. The molecule has 0 spiro atoms. The van der Waals surface area contributed by atoms with Crippen LogP contribution in [0.1, 0.15) is 57.7 Å². The maximum atomic E-state index is 12.3. The number of rotatable bonds is 0. The van der Waals surface area contributed by atoms with Crippen molar-refractivity contribution in [3.8, 4) is 0 Å². The Hall–Kier alpha value is -1.73. The number of benzene rings is 2. The van der Waals surface area contributed by atoms with Crippen molar-refractivity contribution < 1.29 is 31.4 Å². The Morgan fingerprint density at radius 2 is 1.21 bits per heavy atom. The topological polar surface area (TPSA) is 20.2 Å². The van der Waals surface area contributed by atoms with Gasteiger partial charge in [0.2, 0.25) is 0 Å². The summed E-state index contributed by atoms with van der Waals surface area (Å²) in [5, 5.41) is 9.15. The van der Waals surface area contributed by atoms with Crippen molar-refractivity contribution >= 4 is 11.6 Å².